The lowest BCUT2D eigenvalue weighted by molar-refractivity contribution is -0.127. The van der Waals surface area contributed by atoms with Gasteiger partial charge in [-0.05, 0) is 25.8 Å². The van der Waals surface area contributed by atoms with E-state index in [0.717, 1.165) is 18.5 Å². The summed E-state index contributed by atoms with van der Waals surface area (Å²) in [5.41, 5.74) is 0.577. The number of nitrogens with one attached hydrogen (secondary N) is 2. The maximum Gasteiger partial charge on any atom is 0.316 e. The predicted molar refractivity (Wildman–Crippen MR) is 76.9 cm³/mol. The van der Waals surface area contributed by atoms with E-state index in [9.17, 15) is 9.59 Å². The summed E-state index contributed by atoms with van der Waals surface area (Å²) in [6.07, 6.45) is 1.45. The van der Waals surface area contributed by atoms with Crippen molar-refractivity contribution in [3.8, 4) is 0 Å². The van der Waals surface area contributed by atoms with Crippen molar-refractivity contribution in [3.05, 3.63) is 35.9 Å². The van der Waals surface area contributed by atoms with E-state index < -0.39 is 5.54 Å². The number of benzene rings is 1. The molecule has 0 atom stereocenters. The van der Waals surface area contributed by atoms with Gasteiger partial charge < -0.3 is 15.5 Å². The molecule has 1 heterocycles. The summed E-state index contributed by atoms with van der Waals surface area (Å²) in [6.45, 7) is 4.89. The van der Waals surface area contributed by atoms with E-state index in [-0.39, 0.29) is 18.6 Å². The first kappa shape index (κ1) is 14.4. The van der Waals surface area contributed by atoms with E-state index in [2.05, 4.69) is 10.6 Å². The lowest BCUT2D eigenvalue weighted by atomic mass is 9.95. The third-order valence-corrected chi connectivity index (χ3v) is 3.52. The van der Waals surface area contributed by atoms with Gasteiger partial charge in [0.1, 0.15) is 0 Å². The molecule has 0 unspecified atom stereocenters. The molecule has 3 amide bonds. The van der Waals surface area contributed by atoms with Gasteiger partial charge >= 0.3 is 6.03 Å². The molecule has 5 heteroatoms. The van der Waals surface area contributed by atoms with Crippen LogP contribution in [0.4, 0.5) is 4.79 Å². The second kappa shape index (κ2) is 5.94. The van der Waals surface area contributed by atoms with Crippen LogP contribution in [0.1, 0.15) is 32.3 Å². The van der Waals surface area contributed by atoms with Gasteiger partial charge in [-0.2, -0.15) is 0 Å². The van der Waals surface area contributed by atoms with E-state index in [1.165, 1.54) is 0 Å². The summed E-state index contributed by atoms with van der Waals surface area (Å²) < 4.78 is 0. The number of likely N-dealkylation sites (tertiary alicyclic amines) is 1. The molecule has 0 bridgehead atoms. The molecule has 0 saturated carbocycles. The zero-order valence-corrected chi connectivity index (χ0v) is 12.0. The van der Waals surface area contributed by atoms with Crippen LogP contribution in [-0.4, -0.2) is 30.1 Å². The minimum absolute atomic E-state index is 0.104. The Morgan fingerprint density at radius 1 is 1.30 bits per heavy atom. The molecule has 1 aliphatic rings. The Balaban J connectivity index is 1.86. The van der Waals surface area contributed by atoms with Gasteiger partial charge in [-0.15, -0.1) is 0 Å². The summed E-state index contributed by atoms with van der Waals surface area (Å²) in [4.78, 5) is 25.0. The standard InChI is InChI=1S/C15H21N3O2/c1-15(2,12-7-4-3-5-8-12)17-14(20)16-11-18-10-6-9-13(18)19/h3-5,7-8H,6,9-11H2,1-2H3,(H2,16,17,20). The lowest BCUT2D eigenvalue weighted by Gasteiger charge is -2.27. The van der Waals surface area contributed by atoms with Crippen LogP contribution in [0.2, 0.25) is 0 Å². The van der Waals surface area contributed by atoms with E-state index in [1.807, 2.05) is 44.2 Å². The van der Waals surface area contributed by atoms with Crippen molar-refractivity contribution in [2.75, 3.05) is 13.2 Å². The number of hydrogen-bond donors (Lipinski definition) is 2. The molecule has 0 aromatic heterocycles. The third kappa shape index (κ3) is 3.50. The molecule has 2 rings (SSSR count). The number of rotatable bonds is 4. The molecular formula is C15H21N3O2. The summed E-state index contributed by atoms with van der Waals surface area (Å²) in [7, 11) is 0. The van der Waals surface area contributed by atoms with Gasteiger partial charge in [-0.25, -0.2) is 4.79 Å². The van der Waals surface area contributed by atoms with Gasteiger partial charge in [0.25, 0.3) is 0 Å². The Morgan fingerprint density at radius 2 is 2.00 bits per heavy atom. The van der Waals surface area contributed by atoms with Crippen LogP contribution in [0.15, 0.2) is 30.3 Å². The normalized spacial score (nSPS) is 15.3. The summed E-state index contributed by atoms with van der Waals surface area (Å²) in [6, 6.07) is 9.52. The zero-order valence-electron chi connectivity index (χ0n) is 12.0. The molecule has 1 aromatic rings. The minimum Gasteiger partial charge on any atom is -0.329 e. The Morgan fingerprint density at radius 3 is 2.60 bits per heavy atom. The van der Waals surface area contributed by atoms with E-state index in [4.69, 9.17) is 0 Å². The Hall–Kier alpha value is -2.04. The Kier molecular flexibility index (Phi) is 4.27. The highest BCUT2D eigenvalue weighted by Crippen LogP contribution is 2.19. The van der Waals surface area contributed by atoms with E-state index in [0.29, 0.717) is 6.42 Å². The third-order valence-electron chi connectivity index (χ3n) is 3.52. The second-order valence-corrected chi connectivity index (χ2v) is 5.54. The molecule has 5 nitrogen and oxygen atoms in total. The quantitative estimate of drug-likeness (QED) is 0.880. The zero-order chi connectivity index (χ0) is 14.6. The average Bonchev–Trinajstić information content (AvgIpc) is 2.82. The smallest absolute Gasteiger partial charge is 0.316 e. The van der Waals surface area contributed by atoms with Gasteiger partial charge in [0.2, 0.25) is 5.91 Å². The monoisotopic (exact) mass is 275 g/mol. The first-order valence-electron chi connectivity index (χ1n) is 6.88. The Labute approximate surface area is 119 Å². The average molecular weight is 275 g/mol. The number of carbonyl (C=O) groups is 2. The number of hydrogen-bond acceptors (Lipinski definition) is 2. The van der Waals surface area contributed by atoms with Crippen molar-refractivity contribution >= 4 is 11.9 Å². The highest BCUT2D eigenvalue weighted by molar-refractivity contribution is 5.79. The molecule has 0 spiro atoms. The maximum atomic E-state index is 11.9. The highest BCUT2D eigenvalue weighted by Gasteiger charge is 2.24. The van der Waals surface area contributed by atoms with Crippen LogP contribution in [0.5, 0.6) is 0 Å². The fraction of sp³-hybridized carbons (Fsp3) is 0.467. The van der Waals surface area contributed by atoms with Crippen LogP contribution in [0.25, 0.3) is 0 Å². The lowest BCUT2D eigenvalue weighted by Crippen LogP contribution is -2.49. The molecule has 0 radical (unpaired) electrons. The van der Waals surface area contributed by atoms with Gasteiger partial charge in [-0.3, -0.25) is 4.79 Å². The molecule has 1 fully saturated rings. The number of urea groups is 1. The predicted octanol–water partition coefficient (Wildman–Crippen LogP) is 1.80. The molecule has 108 valence electrons. The molecule has 1 saturated heterocycles. The van der Waals surface area contributed by atoms with E-state index >= 15 is 0 Å². The van der Waals surface area contributed by atoms with Crippen LogP contribution in [0.3, 0.4) is 0 Å². The first-order chi connectivity index (χ1) is 9.49. The van der Waals surface area contributed by atoms with Gasteiger partial charge in [0, 0.05) is 13.0 Å². The summed E-state index contributed by atoms with van der Waals surface area (Å²) >= 11 is 0. The van der Waals surface area contributed by atoms with Gasteiger partial charge in [0.05, 0.1) is 12.2 Å². The number of nitrogens with zero attached hydrogens (tertiary/aromatic N) is 1. The summed E-state index contributed by atoms with van der Waals surface area (Å²) in [5, 5.41) is 5.66. The van der Waals surface area contributed by atoms with Crippen molar-refractivity contribution in [2.24, 2.45) is 0 Å². The summed E-state index contributed by atoms with van der Waals surface area (Å²) in [5.74, 6) is 0.104. The van der Waals surface area contributed by atoms with Crippen LogP contribution < -0.4 is 10.6 Å². The van der Waals surface area contributed by atoms with Gasteiger partial charge in [-0.1, -0.05) is 30.3 Å². The fourth-order valence-corrected chi connectivity index (χ4v) is 2.29. The van der Waals surface area contributed by atoms with Crippen LogP contribution in [0, 0.1) is 0 Å². The molecule has 1 aromatic carbocycles. The SMILES string of the molecule is CC(C)(NC(=O)NCN1CCCC1=O)c1ccccc1. The van der Waals surface area contributed by atoms with Crippen molar-refractivity contribution in [2.45, 2.75) is 32.2 Å². The molecule has 2 N–H and O–H groups in total. The molecule has 1 aliphatic heterocycles. The largest absolute Gasteiger partial charge is 0.329 e. The van der Waals surface area contributed by atoms with Gasteiger partial charge in [0.15, 0.2) is 0 Å². The van der Waals surface area contributed by atoms with E-state index in [1.54, 1.807) is 4.90 Å². The van der Waals surface area contributed by atoms with Crippen molar-refractivity contribution in [1.82, 2.24) is 15.5 Å². The van der Waals surface area contributed by atoms with Crippen molar-refractivity contribution in [1.29, 1.82) is 0 Å². The minimum atomic E-state index is -0.458. The number of amides is 3. The second-order valence-electron chi connectivity index (χ2n) is 5.54. The number of carbonyl (C=O) groups excluding carboxylic acids is 2. The van der Waals surface area contributed by atoms with Crippen molar-refractivity contribution < 1.29 is 9.59 Å². The first-order valence-corrected chi connectivity index (χ1v) is 6.88. The maximum absolute atomic E-state index is 11.9. The highest BCUT2D eigenvalue weighted by atomic mass is 16.2. The fourth-order valence-electron chi connectivity index (χ4n) is 2.29. The molecule has 0 aliphatic carbocycles. The Bertz CT molecular complexity index is 485. The van der Waals surface area contributed by atoms with Crippen molar-refractivity contribution in [3.63, 3.8) is 0 Å². The van der Waals surface area contributed by atoms with Crippen LogP contribution in [-0.2, 0) is 10.3 Å². The molecular weight excluding hydrogens is 254 g/mol. The molecule has 20 heavy (non-hydrogen) atoms. The van der Waals surface area contributed by atoms with Crippen LogP contribution >= 0.6 is 0 Å². The topological polar surface area (TPSA) is 61.4 Å².